The van der Waals surface area contributed by atoms with Crippen LogP contribution in [-0.2, 0) is 10.0 Å². The van der Waals surface area contributed by atoms with Gasteiger partial charge >= 0.3 is 5.69 Å². The molecule has 2 rings (SSSR count). The molecule has 0 aromatic heterocycles. The van der Waals surface area contributed by atoms with Gasteiger partial charge in [0.25, 0.3) is 0 Å². The molecule has 1 saturated heterocycles. The number of nitro groups is 1. The fraction of sp³-hybridized carbons (Fsp3) is 0.538. The lowest BCUT2D eigenvalue weighted by molar-refractivity contribution is -0.386. The van der Waals surface area contributed by atoms with Gasteiger partial charge in [0.15, 0.2) is 5.75 Å². The number of piperidine rings is 1. The Morgan fingerprint density at radius 3 is 2.55 bits per heavy atom. The normalized spacial score (nSPS) is 17.4. The number of hydrogen-bond acceptors (Lipinski definition) is 6. The van der Waals surface area contributed by atoms with Crippen LogP contribution < -0.4 is 10.5 Å². The van der Waals surface area contributed by atoms with Gasteiger partial charge in [-0.05, 0) is 37.4 Å². The van der Waals surface area contributed by atoms with Crippen LogP contribution in [0.3, 0.4) is 0 Å². The topological polar surface area (TPSA) is 116 Å². The molecule has 1 fully saturated rings. The Hall–Kier alpha value is -1.71. The smallest absolute Gasteiger partial charge is 0.312 e. The monoisotopic (exact) mass is 329 g/mol. The molecule has 0 atom stereocenters. The van der Waals surface area contributed by atoms with E-state index in [0.29, 0.717) is 38.4 Å². The van der Waals surface area contributed by atoms with Gasteiger partial charge in [-0.1, -0.05) is 0 Å². The maximum atomic E-state index is 12.6. The Kier molecular flexibility index (Phi) is 4.99. The third-order valence-electron chi connectivity index (χ3n) is 3.89. The zero-order valence-corrected chi connectivity index (χ0v) is 13.1. The lowest BCUT2D eigenvalue weighted by Crippen LogP contribution is -2.40. The molecule has 2 N–H and O–H groups in total. The highest BCUT2D eigenvalue weighted by Gasteiger charge is 2.30. The largest absolute Gasteiger partial charge is 0.490 e. The second kappa shape index (κ2) is 6.59. The molecule has 22 heavy (non-hydrogen) atoms. The second-order valence-corrected chi connectivity index (χ2v) is 7.11. The van der Waals surface area contributed by atoms with Gasteiger partial charge < -0.3 is 10.5 Å². The molecule has 8 nitrogen and oxygen atoms in total. The predicted molar refractivity (Wildman–Crippen MR) is 80.2 cm³/mol. The van der Waals surface area contributed by atoms with Gasteiger partial charge in [0, 0.05) is 19.2 Å². The van der Waals surface area contributed by atoms with Gasteiger partial charge in [-0.2, -0.15) is 4.31 Å². The van der Waals surface area contributed by atoms with Crippen molar-refractivity contribution in [2.75, 3.05) is 26.7 Å². The highest BCUT2D eigenvalue weighted by atomic mass is 32.2. The highest BCUT2D eigenvalue weighted by molar-refractivity contribution is 7.89. The molecule has 0 aliphatic carbocycles. The summed E-state index contributed by atoms with van der Waals surface area (Å²) in [6, 6.07) is 3.68. The number of ether oxygens (including phenoxy) is 1. The molecule has 1 heterocycles. The number of hydrogen-bond donors (Lipinski definition) is 1. The molecule has 9 heteroatoms. The summed E-state index contributed by atoms with van der Waals surface area (Å²) < 4.78 is 31.4. The fourth-order valence-corrected chi connectivity index (χ4v) is 4.00. The van der Waals surface area contributed by atoms with Crippen LogP contribution in [0.1, 0.15) is 12.8 Å². The average Bonchev–Trinajstić information content (AvgIpc) is 2.54. The van der Waals surface area contributed by atoms with Crippen molar-refractivity contribution in [3.05, 3.63) is 28.3 Å². The molecule has 0 saturated carbocycles. The van der Waals surface area contributed by atoms with Crippen LogP contribution >= 0.6 is 0 Å². The minimum absolute atomic E-state index is 0.0331. The van der Waals surface area contributed by atoms with Gasteiger partial charge in [-0.15, -0.1) is 0 Å². The maximum Gasteiger partial charge on any atom is 0.312 e. The van der Waals surface area contributed by atoms with Gasteiger partial charge in [-0.3, -0.25) is 10.1 Å². The first-order valence-electron chi connectivity index (χ1n) is 6.92. The minimum Gasteiger partial charge on any atom is -0.490 e. The third-order valence-corrected chi connectivity index (χ3v) is 5.79. The van der Waals surface area contributed by atoms with Crippen LogP contribution in [0.25, 0.3) is 0 Å². The second-order valence-electron chi connectivity index (χ2n) is 5.17. The van der Waals surface area contributed by atoms with Crippen molar-refractivity contribution < 1.29 is 18.1 Å². The number of nitro benzene ring substituents is 1. The zero-order valence-electron chi connectivity index (χ0n) is 12.3. The summed E-state index contributed by atoms with van der Waals surface area (Å²) in [6.07, 6.45) is 1.40. The Morgan fingerprint density at radius 1 is 1.41 bits per heavy atom. The number of rotatable bonds is 5. The van der Waals surface area contributed by atoms with Crippen LogP contribution in [0.4, 0.5) is 5.69 Å². The Balaban J connectivity index is 2.30. The molecule has 0 spiro atoms. The van der Waals surface area contributed by atoms with Crippen molar-refractivity contribution in [2.45, 2.75) is 17.7 Å². The number of nitrogens with zero attached hydrogens (tertiary/aromatic N) is 2. The van der Waals surface area contributed by atoms with Crippen LogP contribution in [0.2, 0.25) is 0 Å². The standard InChI is InChI=1S/C13H19N3O5S/c1-21-13-3-2-11(8-12(13)16(17)18)22(19,20)15-6-4-10(9-14)5-7-15/h2-3,8,10H,4-7,9,14H2,1H3. The summed E-state index contributed by atoms with van der Waals surface area (Å²) in [5, 5.41) is 11.0. The Labute approximate surface area is 129 Å². The van der Waals surface area contributed by atoms with Crippen molar-refractivity contribution in [3.63, 3.8) is 0 Å². The summed E-state index contributed by atoms with van der Waals surface area (Å²) in [4.78, 5) is 10.3. The molecule has 1 aliphatic rings. The molecule has 1 aliphatic heterocycles. The SMILES string of the molecule is COc1ccc(S(=O)(=O)N2CCC(CN)CC2)cc1[N+](=O)[O-]. The van der Waals surface area contributed by atoms with E-state index in [1.807, 2.05) is 0 Å². The Bertz CT molecular complexity index is 654. The number of benzene rings is 1. The maximum absolute atomic E-state index is 12.6. The van der Waals surface area contributed by atoms with Crippen LogP contribution in [0.15, 0.2) is 23.1 Å². The van der Waals surface area contributed by atoms with E-state index in [0.717, 1.165) is 6.07 Å². The number of methoxy groups -OCH3 is 1. The average molecular weight is 329 g/mol. The van der Waals surface area contributed by atoms with Crippen molar-refractivity contribution in [1.29, 1.82) is 0 Å². The van der Waals surface area contributed by atoms with E-state index in [4.69, 9.17) is 10.5 Å². The van der Waals surface area contributed by atoms with Crippen molar-refractivity contribution >= 4 is 15.7 Å². The molecule has 0 amide bonds. The van der Waals surface area contributed by atoms with Crippen LogP contribution in [0, 0.1) is 16.0 Å². The summed E-state index contributed by atoms with van der Waals surface area (Å²) >= 11 is 0. The van der Waals surface area contributed by atoms with Crippen LogP contribution in [0.5, 0.6) is 5.75 Å². The molecule has 122 valence electrons. The van der Waals surface area contributed by atoms with Crippen molar-refractivity contribution in [3.8, 4) is 5.75 Å². The van der Waals surface area contributed by atoms with E-state index in [2.05, 4.69) is 0 Å². The quantitative estimate of drug-likeness (QED) is 0.635. The van der Waals surface area contributed by atoms with Gasteiger partial charge in [0.1, 0.15) is 0 Å². The van der Waals surface area contributed by atoms with Gasteiger partial charge in [0.2, 0.25) is 10.0 Å². The first-order valence-corrected chi connectivity index (χ1v) is 8.36. The van der Waals surface area contributed by atoms with Crippen molar-refractivity contribution in [2.24, 2.45) is 11.7 Å². The lowest BCUT2D eigenvalue weighted by Gasteiger charge is -2.30. The van der Waals surface area contributed by atoms with E-state index in [1.54, 1.807) is 0 Å². The molecule has 1 aromatic carbocycles. The molecular weight excluding hydrogens is 310 g/mol. The van der Waals surface area contributed by atoms with E-state index in [9.17, 15) is 18.5 Å². The molecule has 0 radical (unpaired) electrons. The van der Waals surface area contributed by atoms with E-state index in [1.165, 1.54) is 23.5 Å². The molecule has 1 aromatic rings. The first kappa shape index (κ1) is 16.7. The fourth-order valence-electron chi connectivity index (χ4n) is 2.51. The predicted octanol–water partition coefficient (Wildman–Crippen LogP) is 0.963. The number of sulfonamides is 1. The van der Waals surface area contributed by atoms with E-state index < -0.39 is 14.9 Å². The molecule has 0 bridgehead atoms. The van der Waals surface area contributed by atoms with Gasteiger partial charge in [0.05, 0.1) is 16.9 Å². The number of nitrogens with two attached hydrogens (primary N) is 1. The Morgan fingerprint density at radius 2 is 2.05 bits per heavy atom. The molecular formula is C13H19N3O5S. The highest BCUT2D eigenvalue weighted by Crippen LogP contribution is 2.31. The zero-order chi connectivity index (χ0) is 16.3. The van der Waals surface area contributed by atoms with Crippen molar-refractivity contribution in [1.82, 2.24) is 4.31 Å². The minimum atomic E-state index is -3.74. The van der Waals surface area contributed by atoms with E-state index in [-0.39, 0.29) is 16.3 Å². The lowest BCUT2D eigenvalue weighted by atomic mass is 9.99. The van der Waals surface area contributed by atoms with Crippen LogP contribution in [-0.4, -0.2) is 44.4 Å². The van der Waals surface area contributed by atoms with Gasteiger partial charge in [-0.25, -0.2) is 8.42 Å². The summed E-state index contributed by atoms with van der Waals surface area (Å²) in [6.45, 7) is 1.30. The third kappa shape index (κ3) is 3.21. The summed E-state index contributed by atoms with van der Waals surface area (Å²) in [5.74, 6) is 0.363. The summed E-state index contributed by atoms with van der Waals surface area (Å²) in [5.41, 5.74) is 5.24. The molecule has 0 unspecified atom stereocenters. The summed E-state index contributed by atoms with van der Waals surface area (Å²) in [7, 11) is -2.44. The van der Waals surface area contributed by atoms with E-state index >= 15 is 0 Å². The first-order chi connectivity index (χ1) is 10.4.